The number of nitrogens with zero attached hydrogens (tertiary/aromatic N) is 1. The number of nitriles is 1. The number of nitrogens with one attached hydrogen (secondary N) is 1. The van der Waals surface area contributed by atoms with Gasteiger partial charge in [-0.3, -0.25) is 4.79 Å². The minimum absolute atomic E-state index is 0.0883. The maximum Gasteiger partial charge on any atom is 0.262 e. The fourth-order valence-corrected chi connectivity index (χ4v) is 2.63. The third kappa shape index (κ3) is 3.99. The molecule has 1 amide bonds. The predicted molar refractivity (Wildman–Crippen MR) is 98.3 cm³/mol. The summed E-state index contributed by atoms with van der Waals surface area (Å²) >= 11 is 12.2. The highest BCUT2D eigenvalue weighted by atomic mass is 35.5. The Morgan fingerprint density at radius 2 is 2.04 bits per heavy atom. The first-order chi connectivity index (χ1) is 12.6. The average molecular weight is 387 g/mol. The van der Waals surface area contributed by atoms with Crippen molar-refractivity contribution in [3.05, 3.63) is 75.9 Å². The molecule has 130 valence electrons. The number of furan rings is 2. The number of carbonyl (C=O) groups is 1. The number of halogens is 2. The Balaban J connectivity index is 1.78. The summed E-state index contributed by atoms with van der Waals surface area (Å²) in [5.41, 5.74) is 0.536. The largest absolute Gasteiger partial charge is 0.467 e. The van der Waals surface area contributed by atoms with Crippen molar-refractivity contribution in [3.8, 4) is 17.4 Å². The number of benzene rings is 1. The van der Waals surface area contributed by atoms with Gasteiger partial charge in [0.25, 0.3) is 5.91 Å². The van der Waals surface area contributed by atoms with Crippen molar-refractivity contribution in [2.24, 2.45) is 0 Å². The monoisotopic (exact) mass is 386 g/mol. The average Bonchev–Trinajstić information content (AvgIpc) is 3.31. The molecule has 3 aromatic rings. The molecule has 0 saturated carbocycles. The van der Waals surface area contributed by atoms with Gasteiger partial charge in [0.1, 0.15) is 28.9 Å². The second-order valence-corrected chi connectivity index (χ2v) is 6.02. The number of amides is 1. The van der Waals surface area contributed by atoms with E-state index < -0.39 is 5.91 Å². The second-order valence-electron chi connectivity index (χ2n) is 5.24. The molecule has 7 heteroatoms. The maximum atomic E-state index is 12.1. The van der Waals surface area contributed by atoms with E-state index in [9.17, 15) is 10.1 Å². The lowest BCUT2D eigenvalue weighted by molar-refractivity contribution is -0.117. The first-order valence-corrected chi connectivity index (χ1v) is 8.30. The van der Waals surface area contributed by atoms with Gasteiger partial charge in [0.2, 0.25) is 0 Å². The van der Waals surface area contributed by atoms with E-state index in [4.69, 9.17) is 32.0 Å². The lowest BCUT2D eigenvalue weighted by Crippen LogP contribution is -2.23. The lowest BCUT2D eigenvalue weighted by Gasteiger charge is -2.02. The van der Waals surface area contributed by atoms with Crippen LogP contribution in [0.5, 0.6) is 0 Å². The van der Waals surface area contributed by atoms with Crippen molar-refractivity contribution < 1.29 is 13.6 Å². The fourth-order valence-electron chi connectivity index (χ4n) is 2.24. The molecule has 0 aliphatic carbocycles. The number of hydrogen-bond donors (Lipinski definition) is 1. The molecule has 26 heavy (non-hydrogen) atoms. The number of carbonyl (C=O) groups excluding carboxylic acids is 1. The highest BCUT2D eigenvalue weighted by molar-refractivity contribution is 6.43. The summed E-state index contributed by atoms with van der Waals surface area (Å²) in [4.78, 5) is 12.1. The molecular weight excluding hydrogens is 375 g/mol. The maximum absolute atomic E-state index is 12.1. The van der Waals surface area contributed by atoms with Gasteiger partial charge in [0, 0.05) is 11.6 Å². The molecule has 5 nitrogen and oxygen atoms in total. The van der Waals surface area contributed by atoms with Gasteiger partial charge >= 0.3 is 0 Å². The summed E-state index contributed by atoms with van der Waals surface area (Å²) in [5.74, 6) is 0.895. The van der Waals surface area contributed by atoms with Crippen LogP contribution < -0.4 is 5.32 Å². The molecule has 0 fully saturated rings. The standard InChI is InChI=1S/C19H12Cl2N2O3/c20-16-5-1-4-15(18(16)21)17-7-6-13(26-17)9-12(10-22)19(24)23-11-14-3-2-8-25-14/h1-9H,11H2,(H,23,24). The third-order valence-corrected chi connectivity index (χ3v) is 4.32. The summed E-state index contributed by atoms with van der Waals surface area (Å²) in [6, 6.07) is 13.8. The van der Waals surface area contributed by atoms with Gasteiger partial charge in [-0.2, -0.15) is 5.26 Å². The van der Waals surface area contributed by atoms with Crippen LogP contribution in [-0.4, -0.2) is 5.91 Å². The van der Waals surface area contributed by atoms with Crippen LogP contribution in [0.25, 0.3) is 17.4 Å². The van der Waals surface area contributed by atoms with E-state index >= 15 is 0 Å². The van der Waals surface area contributed by atoms with Crippen LogP contribution in [0.1, 0.15) is 11.5 Å². The molecule has 0 aliphatic rings. The SMILES string of the molecule is N#CC(=Cc1ccc(-c2cccc(Cl)c2Cl)o1)C(=O)NCc1ccco1. The van der Waals surface area contributed by atoms with Crippen molar-refractivity contribution >= 4 is 35.2 Å². The zero-order valence-corrected chi connectivity index (χ0v) is 14.8. The summed E-state index contributed by atoms with van der Waals surface area (Å²) in [6.07, 6.45) is 2.87. The van der Waals surface area contributed by atoms with Crippen LogP contribution in [0.15, 0.2) is 63.1 Å². The third-order valence-electron chi connectivity index (χ3n) is 3.50. The van der Waals surface area contributed by atoms with Gasteiger partial charge in [-0.05, 0) is 36.4 Å². The van der Waals surface area contributed by atoms with Gasteiger partial charge in [-0.15, -0.1) is 0 Å². The molecule has 0 bridgehead atoms. The molecule has 1 N–H and O–H groups in total. The van der Waals surface area contributed by atoms with E-state index in [-0.39, 0.29) is 12.1 Å². The number of rotatable bonds is 5. The molecule has 0 aliphatic heterocycles. The van der Waals surface area contributed by atoms with Gasteiger partial charge in [0.05, 0.1) is 22.9 Å². The highest BCUT2D eigenvalue weighted by Gasteiger charge is 2.13. The van der Waals surface area contributed by atoms with Gasteiger partial charge in [0.15, 0.2) is 0 Å². The molecule has 0 atom stereocenters. The Morgan fingerprint density at radius 1 is 1.19 bits per heavy atom. The van der Waals surface area contributed by atoms with Crippen LogP contribution in [0.3, 0.4) is 0 Å². The van der Waals surface area contributed by atoms with Crippen molar-refractivity contribution in [3.63, 3.8) is 0 Å². The van der Waals surface area contributed by atoms with Crippen LogP contribution in [0.4, 0.5) is 0 Å². The van der Waals surface area contributed by atoms with E-state index in [1.807, 2.05) is 6.07 Å². The van der Waals surface area contributed by atoms with Gasteiger partial charge in [-0.1, -0.05) is 29.3 Å². The van der Waals surface area contributed by atoms with Gasteiger partial charge < -0.3 is 14.2 Å². The smallest absolute Gasteiger partial charge is 0.262 e. The normalized spacial score (nSPS) is 11.2. The number of hydrogen-bond acceptors (Lipinski definition) is 4. The minimum Gasteiger partial charge on any atom is -0.467 e. The Kier molecular flexibility index (Phi) is 5.47. The second kappa shape index (κ2) is 7.96. The molecular formula is C19H12Cl2N2O3. The minimum atomic E-state index is -0.525. The fraction of sp³-hybridized carbons (Fsp3) is 0.0526. The van der Waals surface area contributed by atoms with Crippen molar-refractivity contribution in [2.75, 3.05) is 0 Å². The first-order valence-electron chi connectivity index (χ1n) is 7.55. The predicted octanol–water partition coefficient (Wildman–Crippen LogP) is 5.07. The lowest BCUT2D eigenvalue weighted by atomic mass is 10.2. The Hall–Kier alpha value is -2.94. The molecule has 0 spiro atoms. The van der Waals surface area contributed by atoms with Crippen molar-refractivity contribution in [2.45, 2.75) is 6.54 Å². The van der Waals surface area contributed by atoms with E-state index in [1.54, 1.807) is 42.5 Å². The van der Waals surface area contributed by atoms with Crippen molar-refractivity contribution in [1.82, 2.24) is 5.32 Å². The molecule has 0 radical (unpaired) electrons. The van der Waals surface area contributed by atoms with Crippen LogP contribution in [-0.2, 0) is 11.3 Å². The van der Waals surface area contributed by atoms with Crippen LogP contribution in [0.2, 0.25) is 10.0 Å². The Bertz CT molecular complexity index is 998. The zero-order chi connectivity index (χ0) is 18.5. The highest BCUT2D eigenvalue weighted by Crippen LogP contribution is 2.34. The van der Waals surface area contributed by atoms with E-state index in [0.717, 1.165) is 0 Å². The molecule has 1 aromatic carbocycles. The molecule has 3 rings (SSSR count). The molecule has 0 unspecified atom stereocenters. The summed E-state index contributed by atoms with van der Waals surface area (Å²) in [7, 11) is 0. The van der Waals surface area contributed by atoms with E-state index in [2.05, 4.69) is 5.32 Å². The Labute approximate surface area is 159 Å². The molecule has 0 saturated heterocycles. The topological polar surface area (TPSA) is 79.2 Å². The van der Waals surface area contributed by atoms with Crippen LogP contribution in [0, 0.1) is 11.3 Å². The van der Waals surface area contributed by atoms with Gasteiger partial charge in [-0.25, -0.2) is 0 Å². The summed E-state index contributed by atoms with van der Waals surface area (Å²) in [6.45, 7) is 0.187. The zero-order valence-electron chi connectivity index (χ0n) is 13.3. The molecule has 2 aromatic heterocycles. The Morgan fingerprint density at radius 3 is 2.77 bits per heavy atom. The quantitative estimate of drug-likeness (QED) is 0.490. The molecule has 2 heterocycles. The summed E-state index contributed by atoms with van der Waals surface area (Å²) < 4.78 is 10.8. The van der Waals surface area contributed by atoms with Crippen LogP contribution >= 0.6 is 23.2 Å². The van der Waals surface area contributed by atoms with Crippen molar-refractivity contribution in [1.29, 1.82) is 5.26 Å². The first kappa shape index (κ1) is 17.9. The van der Waals surface area contributed by atoms with E-state index in [0.29, 0.717) is 32.9 Å². The summed E-state index contributed by atoms with van der Waals surface area (Å²) in [5, 5.41) is 12.6. The van der Waals surface area contributed by atoms with E-state index in [1.165, 1.54) is 12.3 Å².